The summed E-state index contributed by atoms with van der Waals surface area (Å²) in [6, 6.07) is 11.9. The van der Waals surface area contributed by atoms with Crippen molar-refractivity contribution >= 4 is 34.5 Å². The first-order valence-corrected chi connectivity index (χ1v) is 7.75. The van der Waals surface area contributed by atoms with E-state index >= 15 is 0 Å². The lowest BCUT2D eigenvalue weighted by atomic mass is 9.93. The van der Waals surface area contributed by atoms with Gasteiger partial charge < -0.3 is 10.6 Å². The number of benzene rings is 1. The summed E-state index contributed by atoms with van der Waals surface area (Å²) in [7, 11) is 0. The Morgan fingerprint density at radius 2 is 2.20 bits per heavy atom. The van der Waals surface area contributed by atoms with Crippen molar-refractivity contribution in [1.82, 2.24) is 5.32 Å². The standard InChI is InChI=1S/C15H15ClN2OS/c16-14-6-5-12(20-14)9-18-15(19)11-7-10-3-1-2-4-13(10)17-8-11/h1-6,11,17H,7-9H2,(H,18,19). The molecular weight excluding hydrogens is 292 g/mol. The lowest BCUT2D eigenvalue weighted by Crippen LogP contribution is -2.37. The monoisotopic (exact) mass is 306 g/mol. The van der Waals surface area contributed by atoms with Gasteiger partial charge in [-0.25, -0.2) is 0 Å². The first kappa shape index (κ1) is 13.5. The molecule has 104 valence electrons. The second-order valence-electron chi connectivity index (χ2n) is 4.86. The Labute approximate surface area is 127 Å². The van der Waals surface area contributed by atoms with Crippen LogP contribution in [-0.4, -0.2) is 12.5 Å². The van der Waals surface area contributed by atoms with Crippen LogP contribution in [0.5, 0.6) is 0 Å². The summed E-state index contributed by atoms with van der Waals surface area (Å²) in [5.74, 6) is 0.0804. The van der Waals surface area contributed by atoms with Crippen molar-refractivity contribution in [3.05, 3.63) is 51.2 Å². The highest BCUT2D eigenvalue weighted by Gasteiger charge is 2.23. The third kappa shape index (κ3) is 2.97. The first-order chi connectivity index (χ1) is 9.72. The van der Waals surface area contributed by atoms with Gasteiger partial charge in [0.25, 0.3) is 0 Å². The van der Waals surface area contributed by atoms with Crippen molar-refractivity contribution in [3.8, 4) is 0 Å². The zero-order valence-electron chi connectivity index (χ0n) is 10.9. The number of thiophene rings is 1. The predicted molar refractivity (Wildman–Crippen MR) is 83.3 cm³/mol. The second kappa shape index (κ2) is 5.85. The van der Waals surface area contributed by atoms with Crippen LogP contribution >= 0.6 is 22.9 Å². The molecule has 1 aromatic carbocycles. The minimum atomic E-state index is -0.0136. The van der Waals surface area contributed by atoms with Crippen LogP contribution in [-0.2, 0) is 17.8 Å². The summed E-state index contributed by atoms with van der Waals surface area (Å²) < 4.78 is 0.752. The van der Waals surface area contributed by atoms with Crippen molar-refractivity contribution in [2.24, 2.45) is 5.92 Å². The minimum Gasteiger partial charge on any atom is -0.384 e. The molecule has 2 heterocycles. The molecular formula is C15H15ClN2OS. The molecule has 0 saturated carbocycles. The van der Waals surface area contributed by atoms with Crippen LogP contribution in [0.2, 0.25) is 4.34 Å². The van der Waals surface area contributed by atoms with E-state index < -0.39 is 0 Å². The topological polar surface area (TPSA) is 41.1 Å². The molecule has 1 atom stereocenters. The lowest BCUT2D eigenvalue weighted by molar-refractivity contribution is -0.124. The van der Waals surface area contributed by atoms with Gasteiger partial charge >= 0.3 is 0 Å². The Kier molecular flexibility index (Phi) is 3.94. The van der Waals surface area contributed by atoms with E-state index in [0.29, 0.717) is 13.1 Å². The molecule has 5 heteroatoms. The molecule has 2 N–H and O–H groups in total. The van der Waals surface area contributed by atoms with Crippen molar-refractivity contribution in [1.29, 1.82) is 0 Å². The number of nitrogens with one attached hydrogen (secondary N) is 2. The number of carbonyl (C=O) groups is 1. The van der Waals surface area contributed by atoms with Crippen LogP contribution in [0.4, 0.5) is 5.69 Å². The van der Waals surface area contributed by atoms with Gasteiger partial charge in [0.05, 0.1) is 16.8 Å². The molecule has 0 spiro atoms. The maximum absolute atomic E-state index is 12.2. The predicted octanol–water partition coefficient (Wildman–Crippen LogP) is 3.30. The third-order valence-corrected chi connectivity index (χ3v) is 4.69. The van der Waals surface area contributed by atoms with Gasteiger partial charge in [-0.05, 0) is 30.2 Å². The number of amides is 1. The van der Waals surface area contributed by atoms with Crippen LogP contribution in [0.15, 0.2) is 36.4 Å². The minimum absolute atomic E-state index is 0.0136. The number of halogens is 1. The Morgan fingerprint density at radius 3 is 3.00 bits per heavy atom. The van der Waals surface area contributed by atoms with Crippen molar-refractivity contribution in [2.45, 2.75) is 13.0 Å². The van der Waals surface area contributed by atoms with Crippen molar-refractivity contribution in [2.75, 3.05) is 11.9 Å². The molecule has 1 unspecified atom stereocenters. The summed E-state index contributed by atoms with van der Waals surface area (Å²) in [5, 5.41) is 6.30. The van der Waals surface area contributed by atoms with Crippen LogP contribution in [0, 0.1) is 5.92 Å². The molecule has 1 aromatic heterocycles. The maximum Gasteiger partial charge on any atom is 0.225 e. The van der Waals surface area contributed by atoms with Crippen LogP contribution in [0.3, 0.4) is 0 Å². The number of anilines is 1. The number of rotatable bonds is 3. The zero-order valence-corrected chi connectivity index (χ0v) is 12.4. The third-order valence-electron chi connectivity index (χ3n) is 3.46. The highest BCUT2D eigenvalue weighted by Crippen LogP contribution is 2.25. The lowest BCUT2D eigenvalue weighted by Gasteiger charge is -2.25. The van der Waals surface area contributed by atoms with Gasteiger partial charge in [-0.1, -0.05) is 29.8 Å². The van der Waals surface area contributed by atoms with Crippen LogP contribution in [0.25, 0.3) is 0 Å². The number of hydrogen-bond donors (Lipinski definition) is 2. The Balaban J connectivity index is 1.59. The second-order valence-corrected chi connectivity index (χ2v) is 6.66. The average molecular weight is 307 g/mol. The van der Waals surface area contributed by atoms with Gasteiger partial charge in [-0.3, -0.25) is 4.79 Å². The van der Waals surface area contributed by atoms with Gasteiger partial charge in [0, 0.05) is 17.1 Å². The molecule has 3 nitrogen and oxygen atoms in total. The van der Waals surface area contributed by atoms with E-state index in [2.05, 4.69) is 22.8 Å². The molecule has 1 amide bonds. The van der Waals surface area contributed by atoms with Crippen molar-refractivity contribution < 1.29 is 4.79 Å². The number of hydrogen-bond acceptors (Lipinski definition) is 3. The molecule has 0 aliphatic carbocycles. The van der Waals surface area contributed by atoms with Gasteiger partial charge in [0.2, 0.25) is 5.91 Å². The molecule has 0 radical (unpaired) electrons. The van der Waals surface area contributed by atoms with E-state index in [1.807, 2.05) is 24.3 Å². The van der Waals surface area contributed by atoms with E-state index in [0.717, 1.165) is 21.3 Å². The summed E-state index contributed by atoms with van der Waals surface area (Å²) in [6.45, 7) is 1.24. The van der Waals surface area contributed by atoms with E-state index in [4.69, 9.17) is 11.6 Å². The summed E-state index contributed by atoms with van der Waals surface area (Å²) in [5.41, 5.74) is 2.35. The first-order valence-electron chi connectivity index (χ1n) is 6.56. The van der Waals surface area contributed by atoms with E-state index in [9.17, 15) is 4.79 Å². The Morgan fingerprint density at radius 1 is 1.35 bits per heavy atom. The molecule has 0 saturated heterocycles. The van der Waals surface area contributed by atoms with E-state index in [1.54, 1.807) is 0 Å². The fourth-order valence-electron chi connectivity index (χ4n) is 2.39. The fraction of sp³-hybridized carbons (Fsp3) is 0.267. The maximum atomic E-state index is 12.2. The van der Waals surface area contributed by atoms with E-state index in [1.165, 1.54) is 16.9 Å². The summed E-state index contributed by atoms with van der Waals surface area (Å²) in [6.07, 6.45) is 0.792. The quantitative estimate of drug-likeness (QED) is 0.913. The molecule has 1 aliphatic heterocycles. The molecule has 1 aliphatic rings. The number of fused-ring (bicyclic) bond motifs is 1. The highest BCUT2D eigenvalue weighted by atomic mass is 35.5. The normalized spacial score (nSPS) is 17.1. The molecule has 0 fully saturated rings. The van der Waals surface area contributed by atoms with Crippen LogP contribution < -0.4 is 10.6 Å². The van der Waals surface area contributed by atoms with Crippen molar-refractivity contribution in [3.63, 3.8) is 0 Å². The SMILES string of the molecule is O=C(NCc1ccc(Cl)s1)C1CNc2ccccc2C1. The van der Waals surface area contributed by atoms with Gasteiger partial charge in [0.1, 0.15) is 0 Å². The summed E-state index contributed by atoms with van der Waals surface area (Å²) >= 11 is 7.38. The molecule has 20 heavy (non-hydrogen) atoms. The Bertz CT molecular complexity index is 626. The fourth-order valence-corrected chi connectivity index (χ4v) is 3.42. The Hall–Kier alpha value is -1.52. The number of carbonyl (C=O) groups excluding carboxylic acids is 1. The van der Waals surface area contributed by atoms with Crippen LogP contribution in [0.1, 0.15) is 10.4 Å². The largest absolute Gasteiger partial charge is 0.384 e. The van der Waals surface area contributed by atoms with Gasteiger partial charge in [0.15, 0.2) is 0 Å². The van der Waals surface area contributed by atoms with E-state index in [-0.39, 0.29) is 11.8 Å². The summed E-state index contributed by atoms with van der Waals surface area (Å²) in [4.78, 5) is 13.3. The number of para-hydroxylation sites is 1. The molecule has 2 aromatic rings. The highest BCUT2D eigenvalue weighted by molar-refractivity contribution is 7.16. The molecule has 0 bridgehead atoms. The van der Waals surface area contributed by atoms with Gasteiger partial charge in [-0.2, -0.15) is 0 Å². The van der Waals surface area contributed by atoms with Gasteiger partial charge in [-0.15, -0.1) is 11.3 Å². The molecule has 3 rings (SSSR count). The smallest absolute Gasteiger partial charge is 0.225 e. The average Bonchev–Trinajstić information content (AvgIpc) is 2.90. The zero-order chi connectivity index (χ0) is 13.9.